The van der Waals surface area contributed by atoms with Crippen LogP contribution in [0.2, 0.25) is 0 Å². The van der Waals surface area contributed by atoms with Gasteiger partial charge in [0, 0.05) is 28.8 Å². The van der Waals surface area contributed by atoms with Gasteiger partial charge < -0.3 is 16.4 Å². The molecule has 6 N–H and O–H groups in total. The van der Waals surface area contributed by atoms with Gasteiger partial charge in [0.2, 0.25) is 16.0 Å². The van der Waals surface area contributed by atoms with Crippen molar-refractivity contribution in [3.63, 3.8) is 0 Å². The molecule has 0 atom stereocenters. The quantitative estimate of drug-likeness (QED) is 0.507. The summed E-state index contributed by atoms with van der Waals surface area (Å²) in [5.74, 6) is 0.921. The van der Waals surface area contributed by atoms with E-state index >= 15 is 0 Å². The monoisotopic (exact) mass is 370 g/mol. The Hall–Kier alpha value is -3.17. The first-order valence-electron chi connectivity index (χ1n) is 7.67. The van der Waals surface area contributed by atoms with Crippen molar-refractivity contribution >= 4 is 38.9 Å². The van der Waals surface area contributed by atoms with E-state index in [1.54, 1.807) is 30.5 Å². The van der Waals surface area contributed by atoms with Crippen molar-refractivity contribution in [2.75, 3.05) is 16.4 Å². The number of nitrogens with zero attached hydrogens (tertiary/aromatic N) is 2. The van der Waals surface area contributed by atoms with Gasteiger partial charge in [-0.15, -0.1) is 0 Å². The maximum atomic E-state index is 11.5. The van der Waals surface area contributed by atoms with E-state index in [4.69, 9.17) is 10.9 Å². The summed E-state index contributed by atoms with van der Waals surface area (Å²) in [7, 11) is -3.78. The second-order valence-corrected chi connectivity index (χ2v) is 7.23. The van der Waals surface area contributed by atoms with Gasteiger partial charge in [0.1, 0.15) is 5.82 Å². The fourth-order valence-electron chi connectivity index (χ4n) is 2.26. The molecule has 134 valence electrons. The van der Waals surface area contributed by atoms with Crippen LogP contribution in [0.4, 0.5) is 28.8 Å². The summed E-state index contributed by atoms with van der Waals surface area (Å²) in [6.07, 6.45) is 1.66. The minimum Gasteiger partial charge on any atom is -0.399 e. The smallest absolute Gasteiger partial charge is 0.238 e. The first-order chi connectivity index (χ1) is 12.3. The summed E-state index contributed by atoms with van der Waals surface area (Å²) in [4.78, 5) is 8.65. The third kappa shape index (κ3) is 4.26. The third-order valence-corrected chi connectivity index (χ3v) is 4.45. The number of nitrogens with one attached hydrogen (secondary N) is 2. The zero-order chi connectivity index (χ0) is 18.7. The summed E-state index contributed by atoms with van der Waals surface area (Å²) in [5, 5.41) is 11.3. The summed E-state index contributed by atoms with van der Waals surface area (Å²) in [6.45, 7) is 1.88. The number of hydrogen-bond donors (Lipinski definition) is 4. The Kier molecular flexibility index (Phi) is 4.74. The van der Waals surface area contributed by atoms with Crippen molar-refractivity contribution in [1.82, 2.24) is 9.97 Å². The van der Waals surface area contributed by atoms with Gasteiger partial charge in [-0.3, -0.25) is 0 Å². The number of aromatic nitrogens is 2. The van der Waals surface area contributed by atoms with Crippen molar-refractivity contribution in [1.29, 1.82) is 0 Å². The van der Waals surface area contributed by atoms with Crippen LogP contribution in [0, 0.1) is 6.92 Å². The van der Waals surface area contributed by atoms with E-state index in [0.717, 1.165) is 11.3 Å². The van der Waals surface area contributed by atoms with Crippen molar-refractivity contribution in [3.8, 4) is 0 Å². The normalized spacial score (nSPS) is 11.2. The van der Waals surface area contributed by atoms with Crippen molar-refractivity contribution in [2.45, 2.75) is 11.8 Å². The lowest BCUT2D eigenvalue weighted by Crippen LogP contribution is -2.12. The van der Waals surface area contributed by atoms with Crippen LogP contribution < -0.4 is 21.5 Å². The van der Waals surface area contributed by atoms with Crippen LogP contribution in [0.5, 0.6) is 0 Å². The average molecular weight is 370 g/mol. The summed E-state index contributed by atoms with van der Waals surface area (Å²) < 4.78 is 22.9. The molecule has 3 rings (SSSR count). The number of nitrogens with two attached hydrogens (primary N) is 2. The molecule has 3 aromatic rings. The number of nitrogen functional groups attached to an aromatic ring is 1. The Balaban J connectivity index is 1.86. The largest absolute Gasteiger partial charge is 0.399 e. The molecule has 1 aromatic heterocycles. The molecular formula is C17H18N6O2S. The number of anilines is 5. The SMILES string of the molecule is Cc1cnc(Nc2cccc(S(N)(=O)=O)c2)nc1Nc1cccc(N)c1. The maximum Gasteiger partial charge on any atom is 0.238 e. The molecule has 0 saturated heterocycles. The van der Waals surface area contributed by atoms with E-state index < -0.39 is 10.0 Å². The first-order valence-corrected chi connectivity index (χ1v) is 9.22. The standard InChI is InChI=1S/C17H18N6O2S/c1-11-10-20-17(22-14-6-3-7-15(9-14)26(19,24)25)23-16(11)21-13-5-2-4-12(18)8-13/h2-10H,18H2,1H3,(H2,19,24,25)(H2,20,21,22,23). The molecule has 26 heavy (non-hydrogen) atoms. The number of rotatable bonds is 5. The number of hydrogen-bond acceptors (Lipinski definition) is 7. The topological polar surface area (TPSA) is 136 Å². The van der Waals surface area contributed by atoms with Gasteiger partial charge >= 0.3 is 0 Å². The molecule has 2 aromatic carbocycles. The highest BCUT2D eigenvalue weighted by atomic mass is 32.2. The van der Waals surface area contributed by atoms with Crippen LogP contribution in [0.1, 0.15) is 5.56 Å². The van der Waals surface area contributed by atoms with E-state index in [1.807, 2.05) is 19.1 Å². The molecule has 0 saturated carbocycles. The molecule has 1 heterocycles. The lowest BCUT2D eigenvalue weighted by Gasteiger charge is -2.11. The Morgan fingerprint density at radius 3 is 2.38 bits per heavy atom. The second-order valence-electron chi connectivity index (χ2n) is 5.67. The lowest BCUT2D eigenvalue weighted by atomic mass is 10.2. The van der Waals surface area contributed by atoms with Crippen LogP contribution in [-0.2, 0) is 10.0 Å². The second kappa shape index (κ2) is 6.98. The third-order valence-electron chi connectivity index (χ3n) is 3.54. The Morgan fingerprint density at radius 2 is 1.69 bits per heavy atom. The van der Waals surface area contributed by atoms with Gasteiger partial charge in [0.05, 0.1) is 4.90 Å². The first kappa shape index (κ1) is 17.6. The summed E-state index contributed by atoms with van der Waals surface area (Å²) in [5.41, 5.74) is 8.58. The van der Waals surface area contributed by atoms with E-state index in [1.165, 1.54) is 12.1 Å². The van der Waals surface area contributed by atoms with Crippen LogP contribution in [0.15, 0.2) is 59.6 Å². The summed E-state index contributed by atoms with van der Waals surface area (Å²) >= 11 is 0. The van der Waals surface area contributed by atoms with E-state index in [9.17, 15) is 8.42 Å². The molecule has 0 radical (unpaired) electrons. The number of aryl methyl sites for hydroxylation is 1. The van der Waals surface area contributed by atoms with E-state index in [2.05, 4.69) is 20.6 Å². The molecular weight excluding hydrogens is 352 g/mol. The molecule has 0 bridgehead atoms. The van der Waals surface area contributed by atoms with E-state index in [-0.39, 0.29) is 4.90 Å². The fraction of sp³-hybridized carbons (Fsp3) is 0.0588. The molecule has 0 spiro atoms. The van der Waals surface area contributed by atoms with Crippen molar-refractivity contribution in [3.05, 3.63) is 60.3 Å². The predicted molar refractivity (Wildman–Crippen MR) is 102 cm³/mol. The minimum absolute atomic E-state index is 0.00715. The molecule has 0 fully saturated rings. The van der Waals surface area contributed by atoms with Crippen molar-refractivity contribution < 1.29 is 8.42 Å². The van der Waals surface area contributed by atoms with Gasteiger partial charge in [-0.05, 0) is 43.3 Å². The Morgan fingerprint density at radius 1 is 1.00 bits per heavy atom. The zero-order valence-electron chi connectivity index (χ0n) is 14.0. The highest BCUT2D eigenvalue weighted by Gasteiger charge is 2.09. The van der Waals surface area contributed by atoms with Crippen LogP contribution >= 0.6 is 0 Å². The van der Waals surface area contributed by atoms with Gasteiger partial charge in [0.15, 0.2) is 0 Å². The van der Waals surface area contributed by atoms with Gasteiger partial charge in [-0.25, -0.2) is 18.5 Å². The molecule has 9 heteroatoms. The highest BCUT2D eigenvalue weighted by Crippen LogP contribution is 2.22. The average Bonchev–Trinajstić information content (AvgIpc) is 2.57. The van der Waals surface area contributed by atoms with Crippen LogP contribution in [0.25, 0.3) is 0 Å². The Labute approximate surface area is 151 Å². The summed E-state index contributed by atoms with van der Waals surface area (Å²) in [6, 6.07) is 13.4. The number of primary sulfonamides is 1. The van der Waals surface area contributed by atoms with Crippen LogP contribution in [0.3, 0.4) is 0 Å². The Bertz CT molecular complexity index is 1050. The fourth-order valence-corrected chi connectivity index (χ4v) is 2.82. The number of benzene rings is 2. The van der Waals surface area contributed by atoms with Gasteiger partial charge in [0.25, 0.3) is 0 Å². The number of sulfonamides is 1. The molecule has 0 aliphatic rings. The molecule has 0 unspecified atom stereocenters. The highest BCUT2D eigenvalue weighted by molar-refractivity contribution is 7.89. The van der Waals surface area contributed by atoms with Crippen LogP contribution in [-0.4, -0.2) is 18.4 Å². The molecule has 0 aliphatic carbocycles. The van der Waals surface area contributed by atoms with E-state index in [0.29, 0.717) is 23.1 Å². The van der Waals surface area contributed by atoms with Crippen molar-refractivity contribution in [2.24, 2.45) is 5.14 Å². The van der Waals surface area contributed by atoms with Gasteiger partial charge in [-0.1, -0.05) is 12.1 Å². The zero-order valence-corrected chi connectivity index (χ0v) is 14.8. The minimum atomic E-state index is -3.78. The van der Waals surface area contributed by atoms with Gasteiger partial charge in [-0.2, -0.15) is 4.98 Å². The molecule has 8 nitrogen and oxygen atoms in total. The molecule has 0 amide bonds. The predicted octanol–water partition coefficient (Wildman–Crippen LogP) is 2.50. The molecule has 0 aliphatic heterocycles. The lowest BCUT2D eigenvalue weighted by molar-refractivity contribution is 0.598. The maximum absolute atomic E-state index is 11.5.